The van der Waals surface area contributed by atoms with E-state index in [1.807, 2.05) is 0 Å². The van der Waals surface area contributed by atoms with Crippen LogP contribution in [0.25, 0.3) is 32.7 Å². The second kappa shape index (κ2) is 5.20. The van der Waals surface area contributed by atoms with Gasteiger partial charge in [0.05, 0.1) is 0 Å². The highest BCUT2D eigenvalue weighted by molar-refractivity contribution is 6.10. The first-order valence-electron chi connectivity index (χ1n) is 9.35. The zero-order valence-electron chi connectivity index (χ0n) is 14.8. The molecule has 0 aliphatic heterocycles. The molecular weight excluding hydrogens is 300 g/mol. The minimum Gasteiger partial charge on any atom is -0.0642 e. The summed E-state index contributed by atoms with van der Waals surface area (Å²) in [5.74, 6) is 0. The van der Waals surface area contributed by atoms with Gasteiger partial charge in [0.2, 0.25) is 0 Å². The van der Waals surface area contributed by atoms with Gasteiger partial charge in [-0.15, -0.1) is 0 Å². The smallest absolute Gasteiger partial charge is 0.0210 e. The molecule has 0 atom stereocenters. The van der Waals surface area contributed by atoms with Gasteiger partial charge in [0.1, 0.15) is 0 Å². The van der Waals surface area contributed by atoms with E-state index in [1.54, 1.807) is 0 Å². The Bertz CT molecular complexity index is 1030. The molecule has 4 aromatic carbocycles. The van der Waals surface area contributed by atoms with Crippen molar-refractivity contribution in [2.24, 2.45) is 0 Å². The summed E-state index contributed by atoms with van der Waals surface area (Å²) in [6.07, 6.45) is 2.28. The molecule has 4 aromatic rings. The maximum absolute atomic E-state index is 2.39. The Morgan fingerprint density at radius 1 is 0.560 bits per heavy atom. The molecule has 122 valence electrons. The number of rotatable bonds is 2. The van der Waals surface area contributed by atoms with E-state index in [2.05, 4.69) is 86.6 Å². The summed E-state index contributed by atoms with van der Waals surface area (Å²) in [7, 11) is 0. The lowest BCUT2D eigenvalue weighted by Gasteiger charge is -2.29. The van der Waals surface area contributed by atoms with Crippen molar-refractivity contribution in [3.8, 4) is 11.1 Å². The average Bonchev–Trinajstić information content (AvgIpc) is 2.98. The molecule has 0 bridgehead atoms. The number of hydrogen-bond donors (Lipinski definition) is 0. The molecule has 0 aromatic heterocycles. The van der Waals surface area contributed by atoms with Crippen LogP contribution in [0.2, 0.25) is 0 Å². The monoisotopic (exact) mass is 322 g/mol. The molecule has 1 aliphatic carbocycles. The Balaban J connectivity index is 2.04. The minimum absolute atomic E-state index is 0.138. The van der Waals surface area contributed by atoms with Crippen molar-refractivity contribution in [1.82, 2.24) is 0 Å². The van der Waals surface area contributed by atoms with Crippen molar-refractivity contribution in [3.05, 3.63) is 83.9 Å². The van der Waals surface area contributed by atoms with E-state index >= 15 is 0 Å². The first kappa shape index (κ1) is 14.7. The van der Waals surface area contributed by atoms with Crippen LogP contribution in [0.1, 0.15) is 37.8 Å². The van der Waals surface area contributed by atoms with E-state index in [0.717, 1.165) is 12.8 Å². The van der Waals surface area contributed by atoms with Gasteiger partial charge in [-0.1, -0.05) is 86.6 Å². The molecule has 0 saturated carbocycles. The third kappa shape index (κ3) is 1.77. The number of fused-ring (bicyclic) bond motifs is 7. The second-order valence-electron chi connectivity index (χ2n) is 7.21. The van der Waals surface area contributed by atoms with Crippen molar-refractivity contribution in [2.75, 3.05) is 0 Å². The van der Waals surface area contributed by atoms with E-state index in [0.29, 0.717) is 0 Å². The lowest BCUT2D eigenvalue weighted by Crippen LogP contribution is -2.22. The van der Waals surface area contributed by atoms with Crippen molar-refractivity contribution >= 4 is 21.5 Å². The van der Waals surface area contributed by atoms with Crippen molar-refractivity contribution in [3.63, 3.8) is 0 Å². The van der Waals surface area contributed by atoms with Crippen LogP contribution in [-0.4, -0.2) is 0 Å². The topological polar surface area (TPSA) is 0 Å². The fourth-order valence-electron chi connectivity index (χ4n) is 5.04. The fraction of sp³-hybridized carbons (Fsp3) is 0.200. The molecule has 0 heterocycles. The minimum atomic E-state index is 0.138. The summed E-state index contributed by atoms with van der Waals surface area (Å²) in [5.41, 5.74) is 6.10. The first-order chi connectivity index (χ1) is 12.3. The SMILES string of the molecule is CCC1(CC)c2ccc3ccccc3c2-c2c1ccc1ccccc21. The zero-order chi connectivity index (χ0) is 17.0. The average molecular weight is 322 g/mol. The number of benzene rings is 4. The summed E-state index contributed by atoms with van der Waals surface area (Å²) >= 11 is 0. The Kier molecular flexibility index (Phi) is 3.06. The third-order valence-electron chi connectivity index (χ3n) is 6.35. The van der Waals surface area contributed by atoms with E-state index < -0.39 is 0 Å². The molecule has 0 saturated heterocycles. The molecule has 1 aliphatic rings. The zero-order valence-corrected chi connectivity index (χ0v) is 14.8. The Morgan fingerprint density at radius 2 is 1.00 bits per heavy atom. The quantitative estimate of drug-likeness (QED) is 0.370. The van der Waals surface area contributed by atoms with Crippen LogP contribution in [0, 0.1) is 0 Å². The van der Waals surface area contributed by atoms with Gasteiger partial charge in [-0.2, -0.15) is 0 Å². The second-order valence-corrected chi connectivity index (χ2v) is 7.21. The van der Waals surface area contributed by atoms with Gasteiger partial charge in [0.15, 0.2) is 0 Å². The van der Waals surface area contributed by atoms with Crippen LogP contribution < -0.4 is 0 Å². The molecule has 0 amide bonds. The standard InChI is InChI=1S/C25H22/c1-3-25(4-2)21-15-13-17-9-5-7-11-19(17)23(21)24-20-12-8-6-10-18(20)14-16-22(24)25/h5-16H,3-4H2,1-2H3. The van der Waals surface area contributed by atoms with Gasteiger partial charge in [-0.05, 0) is 56.6 Å². The largest absolute Gasteiger partial charge is 0.0642 e. The van der Waals surface area contributed by atoms with Crippen LogP contribution >= 0.6 is 0 Å². The number of hydrogen-bond acceptors (Lipinski definition) is 0. The summed E-state index contributed by atoms with van der Waals surface area (Å²) < 4.78 is 0. The van der Waals surface area contributed by atoms with Gasteiger partial charge in [-0.25, -0.2) is 0 Å². The predicted molar refractivity (Wildman–Crippen MR) is 108 cm³/mol. The molecule has 0 nitrogen and oxygen atoms in total. The molecule has 0 spiro atoms. The molecular formula is C25H22. The summed E-state index contributed by atoms with van der Waals surface area (Å²) in [6.45, 7) is 4.68. The Labute approximate surface area is 149 Å². The van der Waals surface area contributed by atoms with Gasteiger partial charge in [-0.3, -0.25) is 0 Å². The van der Waals surface area contributed by atoms with E-state index in [9.17, 15) is 0 Å². The molecule has 0 heteroatoms. The highest BCUT2D eigenvalue weighted by atomic mass is 14.4. The molecule has 25 heavy (non-hydrogen) atoms. The van der Waals surface area contributed by atoms with Crippen LogP contribution in [0.15, 0.2) is 72.8 Å². The lowest BCUT2D eigenvalue weighted by atomic mass is 9.73. The van der Waals surface area contributed by atoms with Crippen LogP contribution in [-0.2, 0) is 5.41 Å². The lowest BCUT2D eigenvalue weighted by molar-refractivity contribution is 0.491. The summed E-state index contributed by atoms with van der Waals surface area (Å²) in [4.78, 5) is 0. The van der Waals surface area contributed by atoms with Gasteiger partial charge < -0.3 is 0 Å². The maximum Gasteiger partial charge on any atom is 0.0210 e. The van der Waals surface area contributed by atoms with Crippen LogP contribution in [0.3, 0.4) is 0 Å². The highest BCUT2D eigenvalue weighted by Crippen LogP contribution is 2.56. The molecule has 5 rings (SSSR count). The summed E-state index contributed by atoms with van der Waals surface area (Å²) in [6, 6.07) is 27.1. The molecule has 0 fully saturated rings. The normalized spacial score (nSPS) is 14.6. The molecule has 0 N–H and O–H groups in total. The molecule has 0 unspecified atom stereocenters. The van der Waals surface area contributed by atoms with Crippen molar-refractivity contribution in [1.29, 1.82) is 0 Å². The van der Waals surface area contributed by atoms with Crippen molar-refractivity contribution in [2.45, 2.75) is 32.1 Å². The summed E-state index contributed by atoms with van der Waals surface area (Å²) in [5, 5.41) is 5.45. The fourth-order valence-corrected chi connectivity index (χ4v) is 5.04. The van der Waals surface area contributed by atoms with E-state index in [4.69, 9.17) is 0 Å². The van der Waals surface area contributed by atoms with Crippen LogP contribution in [0.4, 0.5) is 0 Å². The highest BCUT2D eigenvalue weighted by Gasteiger charge is 2.41. The Morgan fingerprint density at radius 3 is 1.44 bits per heavy atom. The van der Waals surface area contributed by atoms with Gasteiger partial charge >= 0.3 is 0 Å². The van der Waals surface area contributed by atoms with E-state index in [1.165, 1.54) is 43.8 Å². The van der Waals surface area contributed by atoms with Gasteiger partial charge in [0, 0.05) is 5.41 Å². The first-order valence-corrected chi connectivity index (χ1v) is 9.35. The molecule has 0 radical (unpaired) electrons. The van der Waals surface area contributed by atoms with E-state index in [-0.39, 0.29) is 5.41 Å². The van der Waals surface area contributed by atoms with Crippen LogP contribution in [0.5, 0.6) is 0 Å². The van der Waals surface area contributed by atoms with Crippen molar-refractivity contribution < 1.29 is 0 Å². The maximum atomic E-state index is 2.39. The van der Waals surface area contributed by atoms with Gasteiger partial charge in [0.25, 0.3) is 0 Å². The predicted octanol–water partition coefficient (Wildman–Crippen LogP) is 7.08. The Hall–Kier alpha value is -2.60. The third-order valence-corrected chi connectivity index (χ3v) is 6.35.